The molecule has 0 saturated heterocycles. The SMILES string of the molecule is CC1(C)C2CCC1(C)C(OC(=O)CCS)C2. The zero-order valence-electron chi connectivity index (χ0n) is 10.5. The summed E-state index contributed by atoms with van der Waals surface area (Å²) in [5.74, 6) is 1.23. The van der Waals surface area contributed by atoms with E-state index in [2.05, 4.69) is 33.4 Å². The molecule has 2 rings (SSSR count). The van der Waals surface area contributed by atoms with Crippen molar-refractivity contribution >= 4 is 18.6 Å². The maximum Gasteiger partial charge on any atom is 0.306 e. The summed E-state index contributed by atoms with van der Waals surface area (Å²) in [6.07, 6.45) is 4.12. The zero-order valence-corrected chi connectivity index (χ0v) is 11.3. The monoisotopic (exact) mass is 242 g/mol. The van der Waals surface area contributed by atoms with Crippen LogP contribution in [-0.4, -0.2) is 17.8 Å². The first-order valence-corrected chi connectivity index (χ1v) is 6.85. The van der Waals surface area contributed by atoms with E-state index in [1.54, 1.807) is 0 Å². The fourth-order valence-corrected chi connectivity index (χ4v) is 3.80. The first-order valence-electron chi connectivity index (χ1n) is 6.22. The van der Waals surface area contributed by atoms with Gasteiger partial charge in [0.05, 0.1) is 6.42 Å². The molecule has 0 aliphatic heterocycles. The third kappa shape index (κ3) is 1.59. The van der Waals surface area contributed by atoms with Crippen LogP contribution >= 0.6 is 12.6 Å². The van der Waals surface area contributed by atoms with Gasteiger partial charge in [0.25, 0.3) is 0 Å². The highest BCUT2D eigenvalue weighted by Crippen LogP contribution is 2.66. The Hall–Kier alpha value is -0.180. The summed E-state index contributed by atoms with van der Waals surface area (Å²) in [5, 5.41) is 0. The van der Waals surface area contributed by atoms with E-state index in [0.717, 1.165) is 12.3 Å². The Morgan fingerprint density at radius 3 is 2.56 bits per heavy atom. The lowest BCUT2D eigenvalue weighted by molar-refractivity contribution is -0.156. The van der Waals surface area contributed by atoms with Crippen LogP contribution in [0.4, 0.5) is 0 Å². The maximum absolute atomic E-state index is 11.6. The number of hydrogen-bond donors (Lipinski definition) is 1. The molecule has 3 unspecified atom stereocenters. The number of esters is 1. The van der Waals surface area contributed by atoms with Gasteiger partial charge in [0, 0.05) is 11.2 Å². The third-order valence-corrected chi connectivity index (χ3v) is 5.53. The second-order valence-electron chi connectivity index (χ2n) is 6.06. The number of carbonyl (C=O) groups excluding carboxylic acids is 1. The van der Waals surface area contributed by atoms with Crippen LogP contribution in [-0.2, 0) is 9.53 Å². The molecule has 2 aliphatic rings. The summed E-state index contributed by atoms with van der Waals surface area (Å²) in [6, 6.07) is 0. The maximum atomic E-state index is 11.6. The average Bonchev–Trinajstić information content (AvgIpc) is 2.51. The number of fused-ring (bicyclic) bond motifs is 2. The Labute approximate surface area is 104 Å². The summed E-state index contributed by atoms with van der Waals surface area (Å²) in [5.41, 5.74) is 0.503. The molecule has 16 heavy (non-hydrogen) atoms. The number of thiol groups is 1. The van der Waals surface area contributed by atoms with Crippen molar-refractivity contribution in [3.63, 3.8) is 0 Å². The summed E-state index contributed by atoms with van der Waals surface area (Å²) >= 11 is 4.06. The molecular formula is C13H22O2S. The minimum atomic E-state index is -0.0791. The number of rotatable bonds is 3. The molecule has 3 heteroatoms. The standard InChI is InChI=1S/C13H22O2S/c1-12(2)9-4-6-13(12,3)10(8-9)15-11(14)5-7-16/h9-10,16H,4-8H2,1-3H3. The minimum Gasteiger partial charge on any atom is -0.462 e. The Kier molecular flexibility index (Phi) is 3.02. The van der Waals surface area contributed by atoms with E-state index in [-0.39, 0.29) is 17.5 Å². The molecule has 0 aromatic rings. The molecule has 0 aromatic carbocycles. The van der Waals surface area contributed by atoms with E-state index in [1.807, 2.05) is 0 Å². The Bertz CT molecular complexity index is 300. The molecule has 0 heterocycles. The molecule has 0 aromatic heterocycles. The number of carbonyl (C=O) groups is 1. The van der Waals surface area contributed by atoms with Gasteiger partial charge in [-0.25, -0.2) is 0 Å². The molecule has 2 aliphatic carbocycles. The lowest BCUT2D eigenvalue weighted by Gasteiger charge is -2.38. The summed E-state index contributed by atoms with van der Waals surface area (Å²) in [6.45, 7) is 6.95. The van der Waals surface area contributed by atoms with Crippen LogP contribution in [0.2, 0.25) is 0 Å². The van der Waals surface area contributed by atoms with Crippen molar-refractivity contribution in [2.45, 2.75) is 52.6 Å². The fraction of sp³-hybridized carbons (Fsp3) is 0.923. The van der Waals surface area contributed by atoms with E-state index in [1.165, 1.54) is 12.8 Å². The van der Waals surface area contributed by atoms with Crippen molar-refractivity contribution in [2.75, 3.05) is 5.75 Å². The lowest BCUT2D eigenvalue weighted by Crippen LogP contribution is -2.38. The van der Waals surface area contributed by atoms with Gasteiger partial charge in [0.15, 0.2) is 0 Å². The Morgan fingerprint density at radius 2 is 2.12 bits per heavy atom. The Balaban J connectivity index is 2.07. The predicted molar refractivity (Wildman–Crippen MR) is 67.6 cm³/mol. The van der Waals surface area contributed by atoms with Crippen molar-refractivity contribution in [3.8, 4) is 0 Å². The number of hydrogen-bond acceptors (Lipinski definition) is 3. The highest BCUT2D eigenvalue weighted by molar-refractivity contribution is 7.80. The van der Waals surface area contributed by atoms with Crippen LogP contribution in [0.25, 0.3) is 0 Å². The molecule has 0 amide bonds. The lowest BCUT2D eigenvalue weighted by atomic mass is 9.70. The molecule has 92 valence electrons. The van der Waals surface area contributed by atoms with E-state index in [9.17, 15) is 4.79 Å². The first kappa shape index (κ1) is 12.3. The van der Waals surface area contributed by atoms with Crippen molar-refractivity contribution < 1.29 is 9.53 Å². The van der Waals surface area contributed by atoms with Crippen LogP contribution in [0, 0.1) is 16.7 Å². The van der Waals surface area contributed by atoms with Gasteiger partial charge >= 0.3 is 5.97 Å². The highest BCUT2D eigenvalue weighted by atomic mass is 32.1. The highest BCUT2D eigenvalue weighted by Gasteiger charge is 2.62. The summed E-state index contributed by atoms with van der Waals surface area (Å²) in [4.78, 5) is 11.6. The van der Waals surface area contributed by atoms with Crippen LogP contribution in [0.3, 0.4) is 0 Å². The third-order valence-electron chi connectivity index (χ3n) is 5.30. The molecular weight excluding hydrogens is 220 g/mol. The first-order chi connectivity index (χ1) is 7.41. The normalized spacial score (nSPS) is 40.0. The average molecular weight is 242 g/mol. The summed E-state index contributed by atoms with van der Waals surface area (Å²) in [7, 11) is 0. The second kappa shape index (κ2) is 3.94. The molecule has 2 nitrogen and oxygen atoms in total. The van der Waals surface area contributed by atoms with Crippen LogP contribution in [0.15, 0.2) is 0 Å². The fourth-order valence-electron chi connectivity index (χ4n) is 3.62. The van der Waals surface area contributed by atoms with E-state index < -0.39 is 0 Å². The van der Waals surface area contributed by atoms with Gasteiger partial charge < -0.3 is 4.74 Å². The van der Waals surface area contributed by atoms with Crippen molar-refractivity contribution in [2.24, 2.45) is 16.7 Å². The molecule has 2 fully saturated rings. The zero-order chi connectivity index (χ0) is 12.0. The predicted octanol–water partition coefficient (Wildman–Crippen LogP) is 3.06. The molecule has 3 atom stereocenters. The van der Waals surface area contributed by atoms with E-state index >= 15 is 0 Å². The molecule has 2 bridgehead atoms. The van der Waals surface area contributed by atoms with Gasteiger partial charge in [-0.15, -0.1) is 0 Å². The van der Waals surface area contributed by atoms with Crippen molar-refractivity contribution in [3.05, 3.63) is 0 Å². The molecule has 0 radical (unpaired) electrons. The molecule has 0 N–H and O–H groups in total. The molecule has 2 saturated carbocycles. The Morgan fingerprint density at radius 1 is 1.44 bits per heavy atom. The summed E-state index contributed by atoms with van der Waals surface area (Å²) < 4.78 is 5.64. The largest absolute Gasteiger partial charge is 0.462 e. The van der Waals surface area contributed by atoms with E-state index in [0.29, 0.717) is 17.6 Å². The van der Waals surface area contributed by atoms with Gasteiger partial charge in [-0.05, 0) is 30.6 Å². The number of ether oxygens (including phenoxy) is 1. The van der Waals surface area contributed by atoms with Gasteiger partial charge in [-0.1, -0.05) is 20.8 Å². The van der Waals surface area contributed by atoms with Gasteiger partial charge in [-0.3, -0.25) is 4.79 Å². The van der Waals surface area contributed by atoms with Crippen LogP contribution in [0.1, 0.15) is 46.5 Å². The minimum absolute atomic E-state index is 0.0791. The van der Waals surface area contributed by atoms with Crippen molar-refractivity contribution in [1.29, 1.82) is 0 Å². The van der Waals surface area contributed by atoms with Crippen molar-refractivity contribution in [1.82, 2.24) is 0 Å². The smallest absolute Gasteiger partial charge is 0.306 e. The van der Waals surface area contributed by atoms with E-state index in [4.69, 9.17) is 4.74 Å². The quantitative estimate of drug-likeness (QED) is 0.608. The van der Waals surface area contributed by atoms with Crippen LogP contribution in [0.5, 0.6) is 0 Å². The van der Waals surface area contributed by atoms with Gasteiger partial charge in [0.1, 0.15) is 6.10 Å². The molecule has 0 spiro atoms. The van der Waals surface area contributed by atoms with Crippen LogP contribution < -0.4 is 0 Å². The van der Waals surface area contributed by atoms with Gasteiger partial charge in [0.2, 0.25) is 0 Å². The topological polar surface area (TPSA) is 26.3 Å². The second-order valence-corrected chi connectivity index (χ2v) is 6.51. The van der Waals surface area contributed by atoms with Gasteiger partial charge in [-0.2, -0.15) is 12.6 Å².